The van der Waals surface area contributed by atoms with Gasteiger partial charge in [-0.3, -0.25) is 9.89 Å². The number of nitrogens with one attached hydrogen (secondary N) is 2. The van der Waals surface area contributed by atoms with Gasteiger partial charge in [0, 0.05) is 39.3 Å². The summed E-state index contributed by atoms with van der Waals surface area (Å²) in [7, 11) is -1.98. The van der Waals surface area contributed by atoms with E-state index >= 15 is 0 Å². The normalized spacial score (nSPS) is 17.3. The van der Waals surface area contributed by atoms with E-state index in [0.717, 1.165) is 51.3 Å². The first-order valence-electron chi connectivity index (χ1n) is 10.3. The average molecular weight is 426 g/mol. The van der Waals surface area contributed by atoms with Crippen molar-refractivity contribution in [2.45, 2.75) is 44.2 Å². The molecule has 9 heteroatoms. The van der Waals surface area contributed by atoms with E-state index in [2.05, 4.69) is 34.4 Å². The van der Waals surface area contributed by atoms with Gasteiger partial charge in [0.15, 0.2) is 5.96 Å². The lowest BCUT2D eigenvalue weighted by Crippen LogP contribution is -2.53. The fourth-order valence-electron chi connectivity index (χ4n) is 3.78. The molecule has 1 fully saturated rings. The summed E-state index contributed by atoms with van der Waals surface area (Å²) in [5.74, 6) is 1.29. The van der Waals surface area contributed by atoms with Crippen LogP contribution in [-0.2, 0) is 21.3 Å². The summed E-state index contributed by atoms with van der Waals surface area (Å²) in [6.45, 7) is 9.21. The molecule has 0 aromatic heterocycles. The van der Waals surface area contributed by atoms with E-state index in [1.165, 1.54) is 6.07 Å². The molecule has 1 aliphatic rings. The number of nitrogens with two attached hydrogens (primary N) is 1. The lowest BCUT2D eigenvalue weighted by atomic mass is 9.92. The molecule has 4 N–H and O–H groups in total. The molecule has 1 unspecified atom stereocenters. The van der Waals surface area contributed by atoms with Crippen molar-refractivity contribution in [1.29, 1.82) is 0 Å². The highest BCUT2D eigenvalue weighted by Gasteiger charge is 2.27. The van der Waals surface area contributed by atoms with Crippen LogP contribution in [0.15, 0.2) is 34.2 Å². The van der Waals surface area contributed by atoms with Gasteiger partial charge in [0.25, 0.3) is 0 Å². The van der Waals surface area contributed by atoms with Crippen LogP contribution in [0.5, 0.6) is 0 Å². The monoisotopic (exact) mass is 425 g/mol. The van der Waals surface area contributed by atoms with Gasteiger partial charge in [-0.25, -0.2) is 13.6 Å². The Hall–Kier alpha value is -1.68. The SMILES string of the molecule is CCC(CC)C(CNC(=NC)NCc1cccc(S(N)(=O)=O)c1)N1CCOCC1. The molecule has 8 nitrogen and oxygen atoms in total. The lowest BCUT2D eigenvalue weighted by molar-refractivity contribution is 0.00272. The van der Waals surface area contributed by atoms with E-state index in [0.29, 0.717) is 24.5 Å². The van der Waals surface area contributed by atoms with Crippen molar-refractivity contribution in [2.24, 2.45) is 16.0 Å². The zero-order chi connectivity index (χ0) is 21.3. The predicted molar refractivity (Wildman–Crippen MR) is 116 cm³/mol. The first-order chi connectivity index (χ1) is 13.9. The minimum absolute atomic E-state index is 0.112. The highest BCUT2D eigenvalue weighted by Crippen LogP contribution is 2.19. The molecule has 0 saturated carbocycles. The van der Waals surface area contributed by atoms with Gasteiger partial charge in [-0.1, -0.05) is 38.8 Å². The van der Waals surface area contributed by atoms with E-state index in [-0.39, 0.29) is 4.90 Å². The number of benzene rings is 1. The van der Waals surface area contributed by atoms with Crippen LogP contribution in [-0.4, -0.2) is 65.2 Å². The van der Waals surface area contributed by atoms with Crippen LogP contribution in [0.1, 0.15) is 32.3 Å². The Bertz CT molecular complexity index is 759. The summed E-state index contributed by atoms with van der Waals surface area (Å²) in [5.41, 5.74) is 0.823. The summed E-state index contributed by atoms with van der Waals surface area (Å²) in [4.78, 5) is 6.93. The van der Waals surface area contributed by atoms with Crippen molar-refractivity contribution in [3.8, 4) is 0 Å². The van der Waals surface area contributed by atoms with Crippen molar-refractivity contribution >= 4 is 16.0 Å². The standard InChI is InChI=1S/C20H35N5O3S/c1-4-17(5-2)19(25-9-11-28-12-10-25)15-24-20(22-3)23-14-16-7-6-8-18(13-16)29(21,26)27/h6-8,13,17,19H,4-5,9-12,14-15H2,1-3H3,(H2,21,26,27)(H2,22,23,24). The quantitative estimate of drug-likeness (QED) is 0.404. The van der Waals surface area contributed by atoms with Gasteiger partial charge in [0.2, 0.25) is 10.0 Å². The fraction of sp³-hybridized carbons (Fsp3) is 0.650. The number of ether oxygens (including phenoxy) is 1. The van der Waals surface area contributed by atoms with Crippen LogP contribution >= 0.6 is 0 Å². The van der Waals surface area contributed by atoms with Crippen molar-refractivity contribution in [1.82, 2.24) is 15.5 Å². The molecule has 0 amide bonds. The number of sulfonamides is 1. The number of morpholine rings is 1. The smallest absolute Gasteiger partial charge is 0.238 e. The Morgan fingerprint density at radius 2 is 1.93 bits per heavy atom. The first kappa shape index (κ1) is 23.6. The van der Waals surface area contributed by atoms with Crippen LogP contribution in [0.2, 0.25) is 0 Å². The first-order valence-corrected chi connectivity index (χ1v) is 11.8. The molecule has 1 aromatic rings. The van der Waals surface area contributed by atoms with Crippen molar-refractivity contribution < 1.29 is 13.2 Å². The summed E-state index contributed by atoms with van der Waals surface area (Å²) in [6.07, 6.45) is 2.26. The van der Waals surface area contributed by atoms with Crippen molar-refractivity contribution in [3.05, 3.63) is 29.8 Å². The molecule has 164 valence electrons. The zero-order valence-corrected chi connectivity index (χ0v) is 18.5. The maximum Gasteiger partial charge on any atom is 0.238 e. The van der Waals surface area contributed by atoms with Gasteiger partial charge < -0.3 is 15.4 Å². The van der Waals surface area contributed by atoms with E-state index in [1.54, 1.807) is 19.2 Å². The molecule has 0 spiro atoms. The van der Waals surface area contributed by atoms with Gasteiger partial charge >= 0.3 is 0 Å². The van der Waals surface area contributed by atoms with Gasteiger partial charge in [0.1, 0.15) is 0 Å². The number of hydrogen-bond donors (Lipinski definition) is 3. The number of aliphatic imine (C=N–C) groups is 1. The molecular formula is C20H35N5O3S. The number of guanidine groups is 1. The topological polar surface area (TPSA) is 109 Å². The second-order valence-corrected chi connectivity index (χ2v) is 8.85. The van der Waals surface area contributed by atoms with Gasteiger partial charge in [-0.05, 0) is 23.6 Å². The third-order valence-corrected chi connectivity index (χ3v) is 6.41. The number of primary sulfonamides is 1. The minimum atomic E-state index is -3.71. The maximum atomic E-state index is 11.5. The van der Waals surface area contributed by atoms with Crippen LogP contribution in [0.3, 0.4) is 0 Å². The third-order valence-electron chi connectivity index (χ3n) is 5.50. The Kier molecular flexibility index (Phi) is 9.35. The maximum absolute atomic E-state index is 11.5. The highest BCUT2D eigenvalue weighted by molar-refractivity contribution is 7.89. The average Bonchev–Trinajstić information content (AvgIpc) is 2.73. The van der Waals surface area contributed by atoms with Crippen LogP contribution in [0.25, 0.3) is 0 Å². The summed E-state index contributed by atoms with van der Waals surface area (Å²) < 4.78 is 28.6. The van der Waals surface area contributed by atoms with Crippen LogP contribution < -0.4 is 15.8 Å². The fourth-order valence-corrected chi connectivity index (χ4v) is 4.36. The third kappa shape index (κ3) is 7.26. The van der Waals surface area contributed by atoms with Crippen molar-refractivity contribution in [2.75, 3.05) is 39.9 Å². The highest BCUT2D eigenvalue weighted by atomic mass is 32.2. The summed E-state index contributed by atoms with van der Waals surface area (Å²) >= 11 is 0. The van der Waals surface area contributed by atoms with E-state index in [1.807, 2.05) is 6.07 Å². The molecule has 0 radical (unpaired) electrons. The predicted octanol–water partition coefficient (Wildman–Crippen LogP) is 1.14. The molecule has 0 bridgehead atoms. The van der Waals surface area contributed by atoms with E-state index in [4.69, 9.17) is 9.88 Å². The molecule has 29 heavy (non-hydrogen) atoms. The minimum Gasteiger partial charge on any atom is -0.379 e. The second kappa shape index (κ2) is 11.5. The van der Waals surface area contributed by atoms with E-state index in [9.17, 15) is 8.42 Å². The number of rotatable bonds is 9. The van der Waals surface area contributed by atoms with Gasteiger partial charge in [-0.15, -0.1) is 0 Å². The molecule has 1 aromatic carbocycles. The second-order valence-electron chi connectivity index (χ2n) is 7.29. The van der Waals surface area contributed by atoms with Gasteiger partial charge in [0.05, 0.1) is 18.1 Å². The van der Waals surface area contributed by atoms with Gasteiger partial charge in [-0.2, -0.15) is 0 Å². The molecule has 0 aliphatic carbocycles. The summed E-state index contributed by atoms with van der Waals surface area (Å²) in [6, 6.07) is 7.04. The van der Waals surface area contributed by atoms with Crippen LogP contribution in [0.4, 0.5) is 0 Å². The molecule has 1 atom stereocenters. The van der Waals surface area contributed by atoms with E-state index < -0.39 is 10.0 Å². The molecular weight excluding hydrogens is 390 g/mol. The number of nitrogens with zero attached hydrogens (tertiary/aromatic N) is 2. The Morgan fingerprint density at radius 1 is 1.24 bits per heavy atom. The Balaban J connectivity index is 1.97. The molecule has 1 saturated heterocycles. The van der Waals surface area contributed by atoms with Crippen molar-refractivity contribution in [3.63, 3.8) is 0 Å². The van der Waals surface area contributed by atoms with Crippen LogP contribution in [0, 0.1) is 5.92 Å². The molecule has 2 rings (SSSR count). The lowest BCUT2D eigenvalue weighted by Gasteiger charge is -2.39. The number of hydrogen-bond acceptors (Lipinski definition) is 5. The Morgan fingerprint density at radius 3 is 2.52 bits per heavy atom. The summed E-state index contributed by atoms with van der Waals surface area (Å²) in [5, 5.41) is 11.9. The molecule has 1 aliphatic heterocycles. The largest absolute Gasteiger partial charge is 0.379 e. The zero-order valence-electron chi connectivity index (χ0n) is 17.7. The Labute approximate surface area is 175 Å². The molecule has 1 heterocycles.